The van der Waals surface area contributed by atoms with E-state index < -0.39 is 0 Å². The van der Waals surface area contributed by atoms with E-state index in [1.54, 1.807) is 12.3 Å². The average Bonchev–Trinajstić information content (AvgIpc) is 2.55. The van der Waals surface area contributed by atoms with E-state index in [0.29, 0.717) is 12.2 Å². The molecular formula is C20H27N3O. The predicted molar refractivity (Wildman–Crippen MR) is 99.9 cm³/mol. The zero-order valence-electron chi connectivity index (χ0n) is 15.0. The van der Waals surface area contributed by atoms with Crippen molar-refractivity contribution in [1.29, 1.82) is 0 Å². The van der Waals surface area contributed by atoms with Gasteiger partial charge in [-0.05, 0) is 35.6 Å². The third kappa shape index (κ3) is 4.82. The number of nitrogens with one attached hydrogen (secondary N) is 2. The molecule has 0 atom stereocenters. The fourth-order valence-electron chi connectivity index (χ4n) is 2.50. The van der Waals surface area contributed by atoms with Crippen LogP contribution in [0.3, 0.4) is 0 Å². The Labute approximate surface area is 144 Å². The van der Waals surface area contributed by atoms with Crippen molar-refractivity contribution in [3.05, 3.63) is 53.9 Å². The highest BCUT2D eigenvalue weighted by Crippen LogP contribution is 2.31. The van der Waals surface area contributed by atoms with Crippen molar-refractivity contribution in [3.8, 4) is 0 Å². The van der Waals surface area contributed by atoms with Crippen LogP contribution in [0.4, 0.5) is 11.4 Å². The van der Waals surface area contributed by atoms with E-state index in [1.807, 2.05) is 18.2 Å². The van der Waals surface area contributed by atoms with Gasteiger partial charge in [0.15, 0.2) is 0 Å². The van der Waals surface area contributed by atoms with Crippen molar-refractivity contribution in [3.63, 3.8) is 0 Å². The largest absolute Gasteiger partial charge is 0.355 e. The number of anilines is 2. The second-order valence-electron chi connectivity index (χ2n) is 6.96. The number of hydrogen-bond acceptors (Lipinski definition) is 3. The summed E-state index contributed by atoms with van der Waals surface area (Å²) in [5, 5.41) is 6.32. The Kier molecular flexibility index (Phi) is 5.96. The minimum absolute atomic E-state index is 0.0387. The second kappa shape index (κ2) is 7.95. The zero-order chi connectivity index (χ0) is 17.6. The maximum atomic E-state index is 12.1. The molecule has 1 amide bonds. The second-order valence-corrected chi connectivity index (χ2v) is 6.96. The van der Waals surface area contributed by atoms with Crippen LogP contribution < -0.4 is 10.6 Å². The molecular weight excluding hydrogens is 298 g/mol. The molecule has 0 fully saturated rings. The maximum absolute atomic E-state index is 12.1. The third-order valence-corrected chi connectivity index (χ3v) is 3.82. The number of hydrogen-bond donors (Lipinski definition) is 2. The number of rotatable bonds is 6. The summed E-state index contributed by atoms with van der Waals surface area (Å²) in [5.74, 6) is -0.129. The number of carbonyl (C=O) groups excluding carboxylic acids is 1. The summed E-state index contributed by atoms with van der Waals surface area (Å²) in [5.41, 5.74) is 3.62. The van der Waals surface area contributed by atoms with Crippen LogP contribution in [-0.2, 0) is 5.41 Å². The van der Waals surface area contributed by atoms with Crippen molar-refractivity contribution in [1.82, 2.24) is 10.3 Å². The van der Waals surface area contributed by atoms with Crippen molar-refractivity contribution in [2.75, 3.05) is 11.9 Å². The first kappa shape index (κ1) is 18.0. The molecule has 2 rings (SSSR count). The van der Waals surface area contributed by atoms with Crippen molar-refractivity contribution < 1.29 is 4.79 Å². The number of carbonyl (C=O) groups is 1. The molecule has 0 aliphatic carbocycles. The van der Waals surface area contributed by atoms with Crippen LogP contribution in [0.1, 0.15) is 56.6 Å². The van der Waals surface area contributed by atoms with Gasteiger partial charge in [-0.15, -0.1) is 0 Å². The Morgan fingerprint density at radius 1 is 1.17 bits per heavy atom. The zero-order valence-corrected chi connectivity index (χ0v) is 15.0. The summed E-state index contributed by atoms with van der Waals surface area (Å²) in [4.78, 5) is 16.3. The topological polar surface area (TPSA) is 54.0 Å². The van der Waals surface area contributed by atoms with E-state index in [9.17, 15) is 4.79 Å². The first-order chi connectivity index (χ1) is 11.4. The standard InChI is InChI=1S/C20H27N3O/c1-5-6-12-22-19(24)18-14-15(11-13-21-18)23-17-10-8-7-9-16(17)20(2,3)4/h7-11,13-14H,5-6,12H2,1-4H3,(H,21,23)(H,22,24). The number of unbranched alkanes of at least 4 members (excludes halogenated alkanes) is 1. The van der Waals surface area contributed by atoms with Gasteiger partial charge in [0.1, 0.15) is 5.69 Å². The summed E-state index contributed by atoms with van der Waals surface area (Å²) >= 11 is 0. The molecule has 2 N–H and O–H groups in total. The van der Waals surface area contributed by atoms with Crippen molar-refractivity contribution >= 4 is 17.3 Å². The molecule has 0 unspecified atom stereocenters. The van der Waals surface area contributed by atoms with E-state index in [1.165, 1.54) is 5.56 Å². The number of nitrogens with zero attached hydrogens (tertiary/aromatic N) is 1. The lowest BCUT2D eigenvalue weighted by molar-refractivity contribution is 0.0948. The minimum atomic E-state index is -0.129. The Bertz CT molecular complexity index is 689. The van der Waals surface area contributed by atoms with Crippen LogP contribution in [0.25, 0.3) is 0 Å². The molecule has 1 heterocycles. The lowest BCUT2D eigenvalue weighted by Crippen LogP contribution is -2.25. The molecule has 4 heteroatoms. The van der Waals surface area contributed by atoms with E-state index in [4.69, 9.17) is 0 Å². The molecule has 1 aromatic heterocycles. The number of aromatic nitrogens is 1. The van der Waals surface area contributed by atoms with Gasteiger partial charge in [-0.2, -0.15) is 0 Å². The van der Waals surface area contributed by atoms with Gasteiger partial charge in [-0.25, -0.2) is 0 Å². The first-order valence-electron chi connectivity index (χ1n) is 8.52. The molecule has 0 saturated heterocycles. The number of para-hydroxylation sites is 1. The van der Waals surface area contributed by atoms with Gasteiger partial charge in [0.25, 0.3) is 5.91 Å². The normalized spacial score (nSPS) is 11.2. The molecule has 0 radical (unpaired) electrons. The highest BCUT2D eigenvalue weighted by molar-refractivity contribution is 5.93. The fourth-order valence-corrected chi connectivity index (χ4v) is 2.50. The monoisotopic (exact) mass is 325 g/mol. The molecule has 4 nitrogen and oxygen atoms in total. The molecule has 0 aliphatic rings. The summed E-state index contributed by atoms with van der Waals surface area (Å²) in [7, 11) is 0. The number of pyridine rings is 1. The van der Waals surface area contributed by atoms with E-state index in [2.05, 4.69) is 55.4 Å². The Balaban J connectivity index is 2.17. The van der Waals surface area contributed by atoms with Crippen LogP contribution in [-0.4, -0.2) is 17.4 Å². The van der Waals surface area contributed by atoms with Crippen molar-refractivity contribution in [2.24, 2.45) is 0 Å². The van der Waals surface area contributed by atoms with Gasteiger partial charge >= 0.3 is 0 Å². The summed E-state index contributed by atoms with van der Waals surface area (Å²) < 4.78 is 0. The summed E-state index contributed by atoms with van der Waals surface area (Å²) in [6, 6.07) is 11.9. The highest BCUT2D eigenvalue weighted by atomic mass is 16.1. The van der Waals surface area contributed by atoms with Crippen LogP contribution in [0.15, 0.2) is 42.6 Å². The first-order valence-corrected chi connectivity index (χ1v) is 8.52. The molecule has 0 aliphatic heterocycles. The third-order valence-electron chi connectivity index (χ3n) is 3.82. The van der Waals surface area contributed by atoms with Gasteiger partial charge in [-0.3, -0.25) is 9.78 Å². The van der Waals surface area contributed by atoms with E-state index >= 15 is 0 Å². The number of benzene rings is 1. The molecule has 0 bridgehead atoms. The van der Waals surface area contributed by atoms with E-state index in [-0.39, 0.29) is 11.3 Å². The lowest BCUT2D eigenvalue weighted by atomic mass is 9.86. The summed E-state index contributed by atoms with van der Waals surface area (Å²) in [6.07, 6.45) is 3.69. The van der Waals surface area contributed by atoms with Crippen LogP contribution >= 0.6 is 0 Å². The maximum Gasteiger partial charge on any atom is 0.269 e. The average molecular weight is 325 g/mol. The molecule has 24 heavy (non-hydrogen) atoms. The van der Waals surface area contributed by atoms with Gasteiger partial charge in [0.05, 0.1) is 0 Å². The van der Waals surface area contributed by atoms with Crippen LogP contribution in [0.2, 0.25) is 0 Å². The Hall–Kier alpha value is -2.36. The molecule has 1 aromatic carbocycles. The van der Waals surface area contributed by atoms with Crippen molar-refractivity contribution in [2.45, 2.75) is 46.0 Å². The van der Waals surface area contributed by atoms with Gasteiger partial charge in [-0.1, -0.05) is 52.3 Å². The smallest absolute Gasteiger partial charge is 0.269 e. The number of amides is 1. The Morgan fingerprint density at radius 3 is 2.62 bits per heavy atom. The minimum Gasteiger partial charge on any atom is -0.355 e. The molecule has 0 spiro atoms. The Morgan fingerprint density at radius 2 is 1.92 bits per heavy atom. The van der Waals surface area contributed by atoms with Crippen LogP contribution in [0.5, 0.6) is 0 Å². The van der Waals surface area contributed by atoms with Gasteiger partial charge in [0.2, 0.25) is 0 Å². The van der Waals surface area contributed by atoms with Crippen LogP contribution in [0, 0.1) is 0 Å². The fraction of sp³-hybridized carbons (Fsp3) is 0.400. The molecule has 2 aromatic rings. The lowest BCUT2D eigenvalue weighted by Gasteiger charge is -2.23. The van der Waals surface area contributed by atoms with Gasteiger partial charge < -0.3 is 10.6 Å². The SMILES string of the molecule is CCCCNC(=O)c1cc(Nc2ccccc2C(C)(C)C)ccn1. The predicted octanol–water partition coefficient (Wildman–Crippen LogP) is 4.65. The molecule has 0 saturated carbocycles. The quantitative estimate of drug-likeness (QED) is 0.760. The molecule has 128 valence electrons. The highest BCUT2D eigenvalue weighted by Gasteiger charge is 2.17. The van der Waals surface area contributed by atoms with E-state index in [0.717, 1.165) is 24.2 Å². The summed E-state index contributed by atoms with van der Waals surface area (Å²) in [6.45, 7) is 9.34. The van der Waals surface area contributed by atoms with Gasteiger partial charge in [0, 0.05) is 24.1 Å².